The third-order valence-corrected chi connectivity index (χ3v) is 8.00. The normalized spacial score (nSPS) is 17.3. The summed E-state index contributed by atoms with van der Waals surface area (Å²) < 4.78 is 0. The predicted molar refractivity (Wildman–Crippen MR) is 134 cm³/mol. The molecule has 3 heterocycles. The highest BCUT2D eigenvalue weighted by Crippen LogP contribution is 2.39. The summed E-state index contributed by atoms with van der Waals surface area (Å²) >= 11 is 1.77. The average Bonchev–Trinajstić information content (AvgIpc) is 3.26. The number of aromatic nitrogens is 2. The molecule has 5 heteroatoms. The van der Waals surface area contributed by atoms with E-state index in [-0.39, 0.29) is 0 Å². The third kappa shape index (κ3) is 4.94. The largest absolute Gasteiger partial charge is 0.398 e. The number of nitrogens with zero attached hydrogens (tertiary/aromatic N) is 3. The maximum atomic E-state index is 6.33. The molecule has 0 atom stereocenters. The summed E-state index contributed by atoms with van der Waals surface area (Å²) in [5.74, 6) is 0.817. The van der Waals surface area contributed by atoms with Gasteiger partial charge in [0, 0.05) is 35.1 Å². The molecule has 0 radical (unpaired) electrons. The van der Waals surface area contributed by atoms with Crippen molar-refractivity contribution >= 4 is 22.6 Å². The lowest BCUT2D eigenvalue weighted by atomic mass is 9.81. The van der Waals surface area contributed by atoms with Crippen LogP contribution < -0.4 is 5.73 Å². The number of likely N-dealkylation sites (tertiary alicyclic amines) is 1. The summed E-state index contributed by atoms with van der Waals surface area (Å²) in [6, 6.07) is 14.4. The molecule has 0 bridgehead atoms. The van der Waals surface area contributed by atoms with Crippen LogP contribution in [0.2, 0.25) is 0 Å². The van der Waals surface area contributed by atoms with Crippen molar-refractivity contribution in [2.75, 3.05) is 18.8 Å². The minimum absolute atomic E-state index is 0.817. The van der Waals surface area contributed by atoms with E-state index in [9.17, 15) is 0 Å². The fourth-order valence-electron chi connectivity index (χ4n) is 4.92. The van der Waals surface area contributed by atoms with Crippen molar-refractivity contribution in [1.82, 2.24) is 14.9 Å². The number of nitrogen functional groups attached to an aromatic ring is 1. The molecule has 3 aromatic rings. The van der Waals surface area contributed by atoms with Gasteiger partial charge in [0.15, 0.2) is 0 Å². The van der Waals surface area contributed by atoms with E-state index in [1.54, 1.807) is 22.5 Å². The van der Waals surface area contributed by atoms with Crippen LogP contribution in [-0.4, -0.2) is 28.0 Å². The SMILES string of the molecule is Nc1ccccc1C(CCC1CCN(Cc2cnc(-c3ccccn3)s2)CC1)=C1CCC1. The minimum Gasteiger partial charge on any atom is -0.398 e. The lowest BCUT2D eigenvalue weighted by molar-refractivity contribution is 0.174. The summed E-state index contributed by atoms with van der Waals surface area (Å²) in [7, 11) is 0. The first kappa shape index (κ1) is 21.4. The van der Waals surface area contributed by atoms with Gasteiger partial charge in [-0.15, -0.1) is 11.3 Å². The van der Waals surface area contributed by atoms with Crippen LogP contribution in [0.15, 0.2) is 60.4 Å². The predicted octanol–water partition coefficient (Wildman–Crippen LogP) is 6.42. The van der Waals surface area contributed by atoms with Crippen LogP contribution in [0.3, 0.4) is 0 Å². The molecule has 1 aliphatic carbocycles. The molecule has 5 rings (SSSR count). The Morgan fingerprint density at radius 1 is 1.03 bits per heavy atom. The number of anilines is 1. The number of para-hydroxylation sites is 1. The highest BCUT2D eigenvalue weighted by molar-refractivity contribution is 7.14. The molecule has 1 aliphatic heterocycles. The quantitative estimate of drug-likeness (QED) is 0.427. The van der Waals surface area contributed by atoms with E-state index in [4.69, 9.17) is 5.73 Å². The average molecular weight is 445 g/mol. The number of allylic oxidation sites excluding steroid dienone is 2. The van der Waals surface area contributed by atoms with Gasteiger partial charge in [-0.1, -0.05) is 29.8 Å². The van der Waals surface area contributed by atoms with Crippen molar-refractivity contribution in [3.63, 3.8) is 0 Å². The molecule has 1 aromatic carbocycles. The van der Waals surface area contributed by atoms with Crippen molar-refractivity contribution in [2.45, 2.75) is 51.5 Å². The van der Waals surface area contributed by atoms with Crippen LogP contribution in [-0.2, 0) is 6.54 Å². The Hall–Kier alpha value is -2.50. The molecule has 0 unspecified atom stereocenters. The molecular weight excluding hydrogens is 412 g/mol. The van der Waals surface area contributed by atoms with Gasteiger partial charge in [-0.2, -0.15) is 0 Å². The smallest absolute Gasteiger partial charge is 0.142 e. The van der Waals surface area contributed by atoms with Gasteiger partial charge in [-0.25, -0.2) is 4.98 Å². The number of piperidine rings is 1. The molecule has 166 valence electrons. The molecule has 2 aromatic heterocycles. The minimum atomic E-state index is 0.817. The van der Waals surface area contributed by atoms with E-state index in [0.717, 1.165) is 28.9 Å². The summed E-state index contributed by atoms with van der Waals surface area (Å²) in [4.78, 5) is 12.9. The molecule has 1 saturated carbocycles. The Balaban J connectivity index is 1.14. The second-order valence-electron chi connectivity index (χ2n) is 9.13. The summed E-state index contributed by atoms with van der Waals surface area (Å²) in [5, 5.41) is 1.02. The van der Waals surface area contributed by atoms with Crippen LogP contribution in [0, 0.1) is 5.92 Å². The van der Waals surface area contributed by atoms with Gasteiger partial charge in [-0.3, -0.25) is 9.88 Å². The van der Waals surface area contributed by atoms with E-state index in [2.05, 4.69) is 27.0 Å². The Morgan fingerprint density at radius 3 is 2.56 bits per heavy atom. The number of benzene rings is 1. The van der Waals surface area contributed by atoms with Crippen molar-refractivity contribution in [1.29, 1.82) is 0 Å². The number of hydrogen-bond donors (Lipinski definition) is 1. The van der Waals surface area contributed by atoms with Gasteiger partial charge in [0.1, 0.15) is 5.01 Å². The standard InChI is InChI=1S/C27H32N4S/c28-25-9-2-1-8-24(25)23(21-6-5-7-21)12-11-20-13-16-31(17-14-20)19-22-18-30-27(32-22)26-10-3-4-15-29-26/h1-4,8-10,15,18,20H,5-7,11-14,16-17,19,28H2. The first-order valence-electron chi connectivity index (χ1n) is 11.9. The highest BCUT2D eigenvalue weighted by atomic mass is 32.1. The zero-order valence-electron chi connectivity index (χ0n) is 18.7. The Labute approximate surface area is 195 Å². The second-order valence-corrected chi connectivity index (χ2v) is 10.2. The van der Waals surface area contributed by atoms with E-state index in [0.29, 0.717) is 0 Å². The van der Waals surface area contributed by atoms with Crippen molar-refractivity contribution < 1.29 is 0 Å². The fraction of sp³-hybridized carbons (Fsp3) is 0.407. The van der Waals surface area contributed by atoms with Gasteiger partial charge in [-0.05, 0) is 87.7 Å². The van der Waals surface area contributed by atoms with Gasteiger partial charge >= 0.3 is 0 Å². The summed E-state index contributed by atoms with van der Waals surface area (Å²) in [5.41, 5.74) is 12.7. The number of pyridine rings is 1. The number of hydrogen-bond acceptors (Lipinski definition) is 5. The highest BCUT2D eigenvalue weighted by Gasteiger charge is 2.23. The van der Waals surface area contributed by atoms with Crippen LogP contribution in [0.1, 0.15) is 55.4 Å². The molecule has 2 N–H and O–H groups in total. The maximum absolute atomic E-state index is 6.33. The maximum Gasteiger partial charge on any atom is 0.142 e. The Kier molecular flexibility index (Phi) is 6.65. The van der Waals surface area contributed by atoms with Crippen molar-refractivity contribution in [2.24, 2.45) is 5.92 Å². The zero-order chi connectivity index (χ0) is 21.8. The second kappa shape index (κ2) is 9.97. The van der Waals surface area contributed by atoms with Crippen molar-refractivity contribution in [3.8, 4) is 10.7 Å². The topological polar surface area (TPSA) is 55.0 Å². The van der Waals surface area contributed by atoms with Crippen LogP contribution in [0.5, 0.6) is 0 Å². The van der Waals surface area contributed by atoms with Crippen LogP contribution >= 0.6 is 11.3 Å². The van der Waals surface area contributed by atoms with Gasteiger partial charge in [0.25, 0.3) is 0 Å². The molecule has 2 fully saturated rings. The van der Waals surface area contributed by atoms with E-state index in [1.165, 1.54) is 68.5 Å². The lowest BCUT2D eigenvalue weighted by Gasteiger charge is -2.32. The number of nitrogens with two attached hydrogens (primary N) is 1. The summed E-state index contributed by atoms with van der Waals surface area (Å²) in [6.07, 6.45) is 12.8. The monoisotopic (exact) mass is 444 g/mol. The van der Waals surface area contributed by atoms with E-state index >= 15 is 0 Å². The van der Waals surface area contributed by atoms with Crippen LogP contribution in [0.4, 0.5) is 5.69 Å². The van der Waals surface area contributed by atoms with E-state index < -0.39 is 0 Å². The molecule has 0 amide bonds. The molecular formula is C27H32N4S. The Morgan fingerprint density at radius 2 is 1.84 bits per heavy atom. The lowest BCUT2D eigenvalue weighted by Crippen LogP contribution is -2.33. The first-order valence-corrected chi connectivity index (χ1v) is 12.7. The molecule has 32 heavy (non-hydrogen) atoms. The Bertz CT molecular complexity index is 1060. The number of rotatable bonds is 7. The van der Waals surface area contributed by atoms with Gasteiger partial charge in [0.05, 0.1) is 5.69 Å². The fourth-order valence-corrected chi connectivity index (χ4v) is 5.85. The van der Waals surface area contributed by atoms with E-state index in [1.807, 2.05) is 42.7 Å². The number of thiazole rings is 1. The van der Waals surface area contributed by atoms with Crippen molar-refractivity contribution in [3.05, 3.63) is 70.9 Å². The molecule has 2 aliphatic rings. The molecule has 0 spiro atoms. The van der Waals surface area contributed by atoms with Gasteiger partial charge in [0.2, 0.25) is 0 Å². The molecule has 4 nitrogen and oxygen atoms in total. The first-order chi connectivity index (χ1) is 15.8. The zero-order valence-corrected chi connectivity index (χ0v) is 19.5. The molecule has 1 saturated heterocycles. The third-order valence-electron chi connectivity index (χ3n) is 7.00. The van der Waals surface area contributed by atoms with Gasteiger partial charge < -0.3 is 5.73 Å². The van der Waals surface area contributed by atoms with Crippen LogP contribution in [0.25, 0.3) is 16.3 Å². The summed E-state index contributed by atoms with van der Waals surface area (Å²) in [6.45, 7) is 3.37.